The molecular formula is C12H9BrN2O2S. The number of nitrogens with zero attached hydrogens (tertiary/aromatic N) is 1. The third-order valence-electron chi connectivity index (χ3n) is 2.17. The summed E-state index contributed by atoms with van der Waals surface area (Å²) in [6.45, 7) is 0. The lowest BCUT2D eigenvalue weighted by molar-refractivity contribution is 0.102. The van der Waals surface area contributed by atoms with Crippen LogP contribution in [0.2, 0.25) is 0 Å². The number of carbonyl (C=O) groups is 1. The second-order valence-corrected chi connectivity index (χ2v) is 5.39. The number of nitrogens with one attached hydrogen (secondary N) is 1. The maximum atomic E-state index is 11.9. The molecule has 0 aliphatic rings. The van der Waals surface area contributed by atoms with Crippen LogP contribution in [0.1, 0.15) is 10.4 Å². The lowest BCUT2D eigenvalue weighted by Crippen LogP contribution is -2.10. The fourth-order valence-electron chi connectivity index (χ4n) is 1.30. The SMILES string of the molecule is O=C(CSc1ccnc(=O)[nH]1)c1ccc(Br)cc1. The molecule has 0 aliphatic heterocycles. The van der Waals surface area contributed by atoms with E-state index in [1.165, 1.54) is 18.0 Å². The Kier molecular flexibility index (Phi) is 4.33. The Morgan fingerprint density at radius 2 is 2.00 bits per heavy atom. The van der Waals surface area contributed by atoms with Gasteiger partial charge in [-0.15, -0.1) is 11.8 Å². The zero-order valence-corrected chi connectivity index (χ0v) is 11.6. The quantitative estimate of drug-likeness (QED) is 0.533. The summed E-state index contributed by atoms with van der Waals surface area (Å²) in [5.74, 6) is 0.298. The normalized spacial score (nSPS) is 10.3. The molecule has 0 saturated carbocycles. The topological polar surface area (TPSA) is 62.8 Å². The summed E-state index contributed by atoms with van der Waals surface area (Å²) in [5.41, 5.74) is 0.248. The number of H-pyrrole nitrogens is 1. The summed E-state index contributed by atoms with van der Waals surface area (Å²) in [7, 11) is 0. The summed E-state index contributed by atoms with van der Waals surface area (Å²) < 4.78 is 0.935. The summed E-state index contributed by atoms with van der Waals surface area (Å²) in [5, 5.41) is 0.639. The zero-order chi connectivity index (χ0) is 13.0. The fourth-order valence-corrected chi connectivity index (χ4v) is 2.33. The van der Waals surface area contributed by atoms with Crippen LogP contribution < -0.4 is 5.69 Å². The smallest absolute Gasteiger partial charge is 0.300 e. The van der Waals surface area contributed by atoms with Crippen molar-refractivity contribution in [2.75, 3.05) is 5.75 Å². The molecule has 0 atom stereocenters. The van der Waals surface area contributed by atoms with Crippen LogP contribution in [0.25, 0.3) is 0 Å². The highest BCUT2D eigenvalue weighted by atomic mass is 79.9. The van der Waals surface area contributed by atoms with E-state index in [0.29, 0.717) is 10.6 Å². The second kappa shape index (κ2) is 5.97. The number of aromatic nitrogens is 2. The molecule has 6 heteroatoms. The Morgan fingerprint density at radius 3 is 2.67 bits per heavy atom. The van der Waals surface area contributed by atoms with Gasteiger partial charge in [0.1, 0.15) is 0 Å². The Morgan fingerprint density at radius 1 is 1.28 bits per heavy atom. The van der Waals surface area contributed by atoms with Crippen molar-refractivity contribution in [2.24, 2.45) is 0 Å². The molecule has 0 bridgehead atoms. The predicted octanol–water partition coefficient (Wildman–Crippen LogP) is 2.51. The van der Waals surface area contributed by atoms with Crippen LogP contribution >= 0.6 is 27.7 Å². The lowest BCUT2D eigenvalue weighted by Gasteiger charge is -2.01. The first-order chi connectivity index (χ1) is 8.65. The molecular weight excluding hydrogens is 316 g/mol. The van der Waals surface area contributed by atoms with E-state index < -0.39 is 5.69 Å². The lowest BCUT2D eigenvalue weighted by atomic mass is 10.2. The molecule has 2 aromatic rings. The molecule has 2 rings (SSSR count). The number of rotatable bonds is 4. The van der Waals surface area contributed by atoms with Crippen LogP contribution in [0, 0.1) is 0 Å². The van der Waals surface area contributed by atoms with Crippen molar-refractivity contribution < 1.29 is 4.79 Å². The molecule has 0 fully saturated rings. The standard InChI is InChI=1S/C12H9BrN2O2S/c13-9-3-1-8(2-4-9)10(16)7-18-11-5-6-14-12(17)15-11/h1-6H,7H2,(H,14,15,17). The molecule has 1 N–H and O–H groups in total. The Labute approximate surface area is 116 Å². The van der Waals surface area contributed by atoms with Crippen LogP contribution in [-0.4, -0.2) is 21.5 Å². The number of hydrogen-bond donors (Lipinski definition) is 1. The first-order valence-electron chi connectivity index (χ1n) is 5.12. The summed E-state index contributed by atoms with van der Waals surface area (Å²) in [6, 6.07) is 8.85. The number of aromatic amines is 1. The van der Waals surface area contributed by atoms with E-state index in [1.807, 2.05) is 12.1 Å². The van der Waals surface area contributed by atoms with Gasteiger partial charge in [-0.1, -0.05) is 28.1 Å². The molecule has 18 heavy (non-hydrogen) atoms. The Hall–Kier alpha value is -1.40. The first kappa shape index (κ1) is 13.0. The first-order valence-corrected chi connectivity index (χ1v) is 6.90. The van der Waals surface area contributed by atoms with E-state index in [-0.39, 0.29) is 11.5 Å². The molecule has 1 heterocycles. The molecule has 4 nitrogen and oxygen atoms in total. The number of hydrogen-bond acceptors (Lipinski definition) is 4. The van der Waals surface area contributed by atoms with Crippen molar-refractivity contribution >= 4 is 33.5 Å². The number of benzene rings is 1. The monoisotopic (exact) mass is 324 g/mol. The highest BCUT2D eigenvalue weighted by Gasteiger charge is 2.06. The van der Waals surface area contributed by atoms with Crippen LogP contribution in [0.4, 0.5) is 0 Å². The Balaban J connectivity index is 2.00. The minimum absolute atomic E-state index is 0.0187. The van der Waals surface area contributed by atoms with Crippen molar-refractivity contribution in [3.63, 3.8) is 0 Å². The number of halogens is 1. The van der Waals surface area contributed by atoms with Gasteiger partial charge in [0.15, 0.2) is 5.78 Å². The van der Waals surface area contributed by atoms with Crippen molar-refractivity contribution in [3.05, 3.63) is 57.0 Å². The summed E-state index contributed by atoms with van der Waals surface area (Å²) in [6.07, 6.45) is 1.42. The minimum atomic E-state index is -0.406. The predicted molar refractivity (Wildman–Crippen MR) is 74.1 cm³/mol. The van der Waals surface area contributed by atoms with Crippen LogP contribution in [0.15, 0.2) is 50.8 Å². The minimum Gasteiger partial charge on any atom is -0.300 e. The molecule has 0 unspecified atom stereocenters. The van der Waals surface area contributed by atoms with Crippen molar-refractivity contribution in [1.29, 1.82) is 0 Å². The van der Waals surface area contributed by atoms with Gasteiger partial charge in [0.25, 0.3) is 0 Å². The second-order valence-electron chi connectivity index (χ2n) is 3.46. The fraction of sp³-hybridized carbons (Fsp3) is 0.0833. The van der Waals surface area contributed by atoms with Gasteiger partial charge >= 0.3 is 5.69 Å². The van der Waals surface area contributed by atoms with Gasteiger partial charge in [0, 0.05) is 16.2 Å². The van der Waals surface area contributed by atoms with E-state index in [4.69, 9.17) is 0 Å². The molecule has 0 spiro atoms. The number of carbonyl (C=O) groups excluding carboxylic acids is 1. The molecule has 1 aromatic heterocycles. The van der Waals surface area contributed by atoms with Gasteiger partial charge in [0.2, 0.25) is 0 Å². The van der Waals surface area contributed by atoms with Crippen LogP contribution in [0.5, 0.6) is 0 Å². The maximum absolute atomic E-state index is 11.9. The third kappa shape index (κ3) is 3.54. The number of thioether (sulfide) groups is 1. The van der Waals surface area contributed by atoms with Gasteiger partial charge in [-0.3, -0.25) is 4.79 Å². The third-order valence-corrected chi connectivity index (χ3v) is 3.66. The van der Waals surface area contributed by atoms with E-state index in [9.17, 15) is 9.59 Å². The van der Waals surface area contributed by atoms with Gasteiger partial charge in [0.05, 0.1) is 10.8 Å². The largest absolute Gasteiger partial charge is 0.345 e. The van der Waals surface area contributed by atoms with Gasteiger partial charge in [-0.25, -0.2) is 9.78 Å². The van der Waals surface area contributed by atoms with Gasteiger partial charge in [-0.05, 0) is 18.2 Å². The maximum Gasteiger partial charge on any atom is 0.345 e. The average molecular weight is 325 g/mol. The van der Waals surface area contributed by atoms with Crippen molar-refractivity contribution in [3.8, 4) is 0 Å². The molecule has 92 valence electrons. The van der Waals surface area contributed by atoms with E-state index >= 15 is 0 Å². The number of ketones is 1. The number of Topliss-reactive ketones (excluding diaryl/α,β-unsaturated/α-hetero) is 1. The molecule has 0 saturated heterocycles. The molecule has 0 aliphatic carbocycles. The summed E-state index contributed by atoms with van der Waals surface area (Å²) >= 11 is 4.60. The van der Waals surface area contributed by atoms with Crippen molar-refractivity contribution in [2.45, 2.75) is 5.03 Å². The molecule has 0 radical (unpaired) electrons. The van der Waals surface area contributed by atoms with E-state index in [0.717, 1.165) is 4.47 Å². The van der Waals surface area contributed by atoms with Gasteiger partial charge < -0.3 is 4.98 Å². The zero-order valence-electron chi connectivity index (χ0n) is 9.22. The molecule has 1 aromatic carbocycles. The van der Waals surface area contributed by atoms with Crippen LogP contribution in [0.3, 0.4) is 0 Å². The highest BCUT2D eigenvalue weighted by Crippen LogP contribution is 2.16. The average Bonchev–Trinajstić information content (AvgIpc) is 2.37. The van der Waals surface area contributed by atoms with Crippen LogP contribution in [-0.2, 0) is 0 Å². The Bertz CT molecular complexity index is 610. The van der Waals surface area contributed by atoms with Gasteiger partial charge in [-0.2, -0.15) is 0 Å². The highest BCUT2D eigenvalue weighted by molar-refractivity contribution is 9.10. The van der Waals surface area contributed by atoms with Crippen molar-refractivity contribution in [1.82, 2.24) is 9.97 Å². The summed E-state index contributed by atoms with van der Waals surface area (Å²) in [4.78, 5) is 28.9. The van der Waals surface area contributed by atoms with E-state index in [1.54, 1.807) is 18.2 Å². The molecule has 0 amide bonds. The van der Waals surface area contributed by atoms with E-state index in [2.05, 4.69) is 25.9 Å².